The van der Waals surface area contributed by atoms with Crippen LogP contribution in [0.3, 0.4) is 0 Å². The minimum absolute atomic E-state index is 0.00627. The topological polar surface area (TPSA) is 119 Å². The van der Waals surface area contributed by atoms with E-state index >= 15 is 0 Å². The summed E-state index contributed by atoms with van der Waals surface area (Å²) in [6.07, 6.45) is 1.24. The van der Waals surface area contributed by atoms with E-state index in [-0.39, 0.29) is 39.6 Å². The maximum Gasteiger partial charge on any atom is 0.336 e. The summed E-state index contributed by atoms with van der Waals surface area (Å²) >= 11 is 0. The number of hydrogen-bond acceptors (Lipinski definition) is 6. The molecule has 25 heavy (non-hydrogen) atoms. The summed E-state index contributed by atoms with van der Waals surface area (Å²) in [7, 11) is 2.64. The number of carboxylic acids is 1. The van der Waals surface area contributed by atoms with Gasteiger partial charge in [0.25, 0.3) is 0 Å². The van der Waals surface area contributed by atoms with E-state index in [1.807, 2.05) is 0 Å². The van der Waals surface area contributed by atoms with E-state index in [4.69, 9.17) is 9.47 Å². The predicted molar refractivity (Wildman–Crippen MR) is 89.8 cm³/mol. The highest BCUT2D eigenvalue weighted by Gasteiger charge is 2.20. The van der Waals surface area contributed by atoms with Gasteiger partial charge >= 0.3 is 11.7 Å². The molecule has 8 nitrogen and oxygen atoms in total. The maximum atomic E-state index is 11.6. The third-order valence-electron chi connectivity index (χ3n) is 3.42. The molecular formula is C17H15NO7. The number of methoxy groups -OCH3 is 2. The first-order chi connectivity index (χ1) is 11.9. The van der Waals surface area contributed by atoms with E-state index < -0.39 is 10.9 Å². The lowest BCUT2D eigenvalue weighted by Crippen LogP contribution is -2.01. The molecule has 2 aromatic carbocycles. The van der Waals surface area contributed by atoms with Crippen LogP contribution in [0.25, 0.3) is 11.6 Å². The summed E-state index contributed by atoms with van der Waals surface area (Å²) in [5, 5.41) is 30.2. The Hall–Kier alpha value is -3.55. The molecule has 0 fully saturated rings. The highest BCUT2D eigenvalue weighted by molar-refractivity contribution is 6.21. The Morgan fingerprint density at radius 2 is 1.84 bits per heavy atom. The number of hydrogen-bond donors (Lipinski definition) is 2. The summed E-state index contributed by atoms with van der Waals surface area (Å²) in [4.78, 5) is 22.2. The number of nitro benzene ring substituents is 1. The molecule has 130 valence electrons. The van der Waals surface area contributed by atoms with Crippen molar-refractivity contribution >= 4 is 23.3 Å². The van der Waals surface area contributed by atoms with Crippen LogP contribution in [0.1, 0.15) is 11.1 Å². The lowest BCUT2D eigenvalue weighted by atomic mass is 10.0. The lowest BCUT2D eigenvalue weighted by molar-refractivity contribution is -0.385. The van der Waals surface area contributed by atoms with E-state index in [2.05, 4.69) is 0 Å². The normalized spacial score (nSPS) is 11.0. The van der Waals surface area contributed by atoms with E-state index in [0.717, 1.165) is 0 Å². The van der Waals surface area contributed by atoms with Crippen LogP contribution in [0.5, 0.6) is 17.2 Å². The minimum Gasteiger partial charge on any atom is -0.508 e. The van der Waals surface area contributed by atoms with Gasteiger partial charge in [0.2, 0.25) is 5.75 Å². The van der Waals surface area contributed by atoms with Gasteiger partial charge in [-0.25, -0.2) is 4.79 Å². The summed E-state index contributed by atoms with van der Waals surface area (Å²) in [6.45, 7) is 0. The second-order valence-corrected chi connectivity index (χ2v) is 4.94. The maximum absolute atomic E-state index is 11.6. The molecule has 8 heteroatoms. The van der Waals surface area contributed by atoms with Gasteiger partial charge in [0.15, 0.2) is 0 Å². The standard InChI is InChI=1S/C17H15NO7/c1-24-15-9-16(25-2)14(18(22)23)8-11(15)7-13(17(20)21)10-4-3-5-12(19)6-10/h3-9,19H,1-2H3,(H,20,21)/b13-7-. The number of ether oxygens (including phenoxy) is 2. The van der Waals surface area contributed by atoms with Crippen LogP contribution in [0.4, 0.5) is 5.69 Å². The van der Waals surface area contributed by atoms with Gasteiger partial charge in [0.05, 0.1) is 24.7 Å². The molecule has 0 radical (unpaired) electrons. The van der Waals surface area contributed by atoms with Crippen molar-refractivity contribution < 1.29 is 29.4 Å². The fourth-order valence-electron chi connectivity index (χ4n) is 2.26. The molecule has 0 unspecified atom stereocenters. The molecule has 0 atom stereocenters. The van der Waals surface area contributed by atoms with Gasteiger partial charge in [0.1, 0.15) is 11.5 Å². The number of aromatic hydroxyl groups is 1. The highest BCUT2D eigenvalue weighted by Crippen LogP contribution is 2.36. The van der Waals surface area contributed by atoms with Gasteiger partial charge in [-0.2, -0.15) is 0 Å². The van der Waals surface area contributed by atoms with Crippen LogP contribution in [0.2, 0.25) is 0 Å². The zero-order valence-electron chi connectivity index (χ0n) is 13.4. The first kappa shape index (κ1) is 17.8. The molecule has 0 spiro atoms. The average molecular weight is 345 g/mol. The third-order valence-corrected chi connectivity index (χ3v) is 3.42. The van der Waals surface area contributed by atoms with Crippen LogP contribution in [-0.2, 0) is 4.79 Å². The van der Waals surface area contributed by atoms with E-state index in [9.17, 15) is 25.1 Å². The van der Waals surface area contributed by atoms with Crippen LogP contribution in [0.15, 0.2) is 36.4 Å². The molecule has 0 bridgehead atoms. The zero-order valence-corrected chi connectivity index (χ0v) is 13.4. The van der Waals surface area contributed by atoms with Crippen molar-refractivity contribution in [1.82, 2.24) is 0 Å². The van der Waals surface area contributed by atoms with E-state index in [1.54, 1.807) is 0 Å². The van der Waals surface area contributed by atoms with Crippen LogP contribution in [0, 0.1) is 10.1 Å². The number of carbonyl (C=O) groups is 1. The fourth-order valence-corrected chi connectivity index (χ4v) is 2.26. The quantitative estimate of drug-likeness (QED) is 0.357. The number of aliphatic carboxylic acids is 1. The number of carboxylic acid groups (broad SMARTS) is 1. The molecule has 2 N–H and O–H groups in total. The SMILES string of the molecule is COc1cc(OC)c([N+](=O)[O-])cc1/C=C(\C(=O)O)c1cccc(O)c1. The van der Waals surface area contributed by atoms with Gasteiger partial charge in [0, 0.05) is 17.7 Å². The largest absolute Gasteiger partial charge is 0.508 e. The number of rotatable bonds is 6. The van der Waals surface area contributed by atoms with Crippen LogP contribution >= 0.6 is 0 Å². The Morgan fingerprint density at radius 3 is 2.36 bits per heavy atom. The van der Waals surface area contributed by atoms with Crippen molar-refractivity contribution in [3.63, 3.8) is 0 Å². The second-order valence-electron chi connectivity index (χ2n) is 4.94. The third kappa shape index (κ3) is 3.86. The number of benzene rings is 2. The Labute approximate surface area is 142 Å². The zero-order chi connectivity index (χ0) is 18.6. The van der Waals surface area contributed by atoms with Crippen molar-refractivity contribution in [3.8, 4) is 17.2 Å². The number of nitrogens with zero attached hydrogens (tertiary/aromatic N) is 1. The second kappa shape index (κ2) is 7.35. The average Bonchev–Trinajstić information content (AvgIpc) is 2.58. The Balaban J connectivity index is 2.68. The molecular weight excluding hydrogens is 330 g/mol. The van der Waals surface area contributed by atoms with Crippen molar-refractivity contribution in [1.29, 1.82) is 0 Å². The van der Waals surface area contributed by atoms with E-state index in [1.165, 1.54) is 56.7 Å². The Kier molecular flexibility index (Phi) is 5.23. The molecule has 0 aliphatic heterocycles. The summed E-state index contributed by atoms with van der Waals surface area (Å²) in [6, 6.07) is 8.17. The smallest absolute Gasteiger partial charge is 0.336 e. The van der Waals surface area contributed by atoms with Crippen LogP contribution in [-0.4, -0.2) is 35.3 Å². The Bertz CT molecular complexity index is 858. The molecule has 0 saturated carbocycles. The molecule has 0 aliphatic rings. The lowest BCUT2D eigenvalue weighted by Gasteiger charge is -2.10. The monoisotopic (exact) mass is 345 g/mol. The van der Waals surface area contributed by atoms with Crippen molar-refractivity contribution in [2.45, 2.75) is 0 Å². The molecule has 0 aliphatic carbocycles. The van der Waals surface area contributed by atoms with Gasteiger partial charge < -0.3 is 19.7 Å². The molecule has 0 heterocycles. The predicted octanol–water partition coefficient (Wildman–Crippen LogP) is 2.94. The van der Waals surface area contributed by atoms with Gasteiger partial charge in [-0.1, -0.05) is 12.1 Å². The number of nitro groups is 1. The van der Waals surface area contributed by atoms with Crippen LogP contribution < -0.4 is 9.47 Å². The summed E-state index contributed by atoms with van der Waals surface area (Å²) in [5.41, 5.74) is -0.0485. The summed E-state index contributed by atoms with van der Waals surface area (Å²) in [5.74, 6) is -1.15. The van der Waals surface area contributed by atoms with Crippen molar-refractivity contribution in [2.75, 3.05) is 14.2 Å². The summed E-state index contributed by atoms with van der Waals surface area (Å²) < 4.78 is 10.1. The van der Waals surface area contributed by atoms with Gasteiger partial charge in [-0.3, -0.25) is 10.1 Å². The molecule has 2 aromatic rings. The van der Waals surface area contributed by atoms with Crippen molar-refractivity contribution in [2.24, 2.45) is 0 Å². The van der Waals surface area contributed by atoms with E-state index in [0.29, 0.717) is 0 Å². The Morgan fingerprint density at radius 1 is 1.16 bits per heavy atom. The number of phenols is 1. The molecule has 2 rings (SSSR count). The highest BCUT2D eigenvalue weighted by atomic mass is 16.6. The molecule has 0 amide bonds. The first-order valence-electron chi connectivity index (χ1n) is 7.02. The molecule has 0 aromatic heterocycles. The first-order valence-corrected chi connectivity index (χ1v) is 7.02. The van der Waals surface area contributed by atoms with Crippen molar-refractivity contribution in [3.05, 3.63) is 57.6 Å². The van der Waals surface area contributed by atoms with Gasteiger partial charge in [-0.05, 0) is 23.8 Å². The minimum atomic E-state index is -1.26. The fraction of sp³-hybridized carbons (Fsp3) is 0.118. The molecule has 0 saturated heterocycles. The number of phenolic OH excluding ortho intramolecular Hbond substituents is 1. The van der Waals surface area contributed by atoms with Gasteiger partial charge in [-0.15, -0.1) is 0 Å².